The molecule has 4 heteroatoms. The van der Waals surface area contributed by atoms with E-state index in [1.807, 2.05) is 6.07 Å². The zero-order valence-electron chi connectivity index (χ0n) is 9.48. The number of hydrogen-bond donors (Lipinski definition) is 2. The van der Waals surface area contributed by atoms with Gasteiger partial charge in [-0.05, 0) is 31.2 Å². The lowest BCUT2D eigenvalue weighted by atomic mass is 10.4. The SMILES string of the molecule is Nc1ccnc(NCCCOCC2CC2)c1. The Kier molecular flexibility index (Phi) is 3.99. The highest BCUT2D eigenvalue weighted by Gasteiger charge is 2.20. The Morgan fingerprint density at radius 1 is 1.50 bits per heavy atom. The van der Waals surface area contributed by atoms with Crippen LogP contribution in [0.5, 0.6) is 0 Å². The number of hydrogen-bond acceptors (Lipinski definition) is 4. The van der Waals surface area contributed by atoms with Crippen molar-refractivity contribution in [2.45, 2.75) is 19.3 Å². The molecule has 4 nitrogen and oxygen atoms in total. The minimum Gasteiger partial charge on any atom is -0.399 e. The molecule has 0 bridgehead atoms. The lowest BCUT2D eigenvalue weighted by Gasteiger charge is -2.06. The second kappa shape index (κ2) is 5.70. The van der Waals surface area contributed by atoms with E-state index in [2.05, 4.69) is 10.3 Å². The lowest BCUT2D eigenvalue weighted by molar-refractivity contribution is 0.124. The minimum atomic E-state index is 0.738. The van der Waals surface area contributed by atoms with Crippen LogP contribution < -0.4 is 11.1 Å². The van der Waals surface area contributed by atoms with Gasteiger partial charge in [-0.2, -0.15) is 0 Å². The van der Waals surface area contributed by atoms with Gasteiger partial charge in [0.2, 0.25) is 0 Å². The Morgan fingerprint density at radius 3 is 3.12 bits per heavy atom. The summed E-state index contributed by atoms with van der Waals surface area (Å²) in [6.45, 7) is 2.64. The van der Waals surface area contributed by atoms with Crippen LogP contribution in [0.2, 0.25) is 0 Å². The van der Waals surface area contributed by atoms with E-state index in [9.17, 15) is 0 Å². The third kappa shape index (κ3) is 4.06. The fourth-order valence-corrected chi connectivity index (χ4v) is 1.47. The van der Waals surface area contributed by atoms with Crippen LogP contribution in [0.15, 0.2) is 18.3 Å². The molecule has 0 spiro atoms. The highest BCUT2D eigenvalue weighted by Crippen LogP contribution is 2.28. The summed E-state index contributed by atoms with van der Waals surface area (Å²) in [6.07, 6.45) is 5.42. The minimum absolute atomic E-state index is 0.738. The molecule has 0 amide bonds. The smallest absolute Gasteiger partial charge is 0.127 e. The summed E-state index contributed by atoms with van der Waals surface area (Å²) in [4.78, 5) is 4.16. The van der Waals surface area contributed by atoms with Crippen LogP contribution in [0.1, 0.15) is 19.3 Å². The Balaban J connectivity index is 1.53. The first-order valence-corrected chi connectivity index (χ1v) is 5.88. The molecule has 1 aromatic heterocycles. The summed E-state index contributed by atoms with van der Waals surface area (Å²) in [5.74, 6) is 1.69. The molecular weight excluding hydrogens is 202 g/mol. The molecule has 1 aromatic rings. The van der Waals surface area contributed by atoms with Gasteiger partial charge in [0.15, 0.2) is 0 Å². The van der Waals surface area contributed by atoms with Crippen molar-refractivity contribution in [3.05, 3.63) is 18.3 Å². The van der Waals surface area contributed by atoms with Crippen LogP contribution in [0, 0.1) is 5.92 Å². The predicted octanol–water partition coefficient (Wildman–Crippen LogP) is 1.89. The van der Waals surface area contributed by atoms with Gasteiger partial charge in [-0.25, -0.2) is 4.98 Å². The van der Waals surface area contributed by atoms with E-state index >= 15 is 0 Å². The van der Waals surface area contributed by atoms with Gasteiger partial charge < -0.3 is 15.8 Å². The first-order valence-electron chi connectivity index (χ1n) is 5.88. The van der Waals surface area contributed by atoms with Crippen molar-refractivity contribution < 1.29 is 4.74 Å². The summed E-state index contributed by atoms with van der Waals surface area (Å²) >= 11 is 0. The quantitative estimate of drug-likeness (QED) is 0.690. The van der Waals surface area contributed by atoms with E-state index in [-0.39, 0.29) is 0 Å². The third-order valence-corrected chi connectivity index (χ3v) is 2.61. The van der Waals surface area contributed by atoms with Crippen molar-refractivity contribution >= 4 is 11.5 Å². The summed E-state index contributed by atoms with van der Waals surface area (Å²) in [5.41, 5.74) is 6.38. The zero-order valence-corrected chi connectivity index (χ0v) is 9.48. The fourth-order valence-electron chi connectivity index (χ4n) is 1.47. The van der Waals surface area contributed by atoms with Crippen molar-refractivity contribution in [3.63, 3.8) is 0 Å². The summed E-state index contributed by atoms with van der Waals surface area (Å²) < 4.78 is 5.53. The van der Waals surface area contributed by atoms with Gasteiger partial charge in [-0.1, -0.05) is 0 Å². The molecule has 0 aromatic carbocycles. The third-order valence-electron chi connectivity index (χ3n) is 2.61. The van der Waals surface area contributed by atoms with Crippen molar-refractivity contribution in [2.75, 3.05) is 30.8 Å². The number of aromatic nitrogens is 1. The maximum absolute atomic E-state index is 5.65. The molecule has 0 atom stereocenters. The maximum Gasteiger partial charge on any atom is 0.127 e. The molecule has 88 valence electrons. The number of nitrogen functional groups attached to an aromatic ring is 1. The topological polar surface area (TPSA) is 60.2 Å². The van der Waals surface area contributed by atoms with Crippen LogP contribution in [0.25, 0.3) is 0 Å². The molecule has 1 saturated carbocycles. The van der Waals surface area contributed by atoms with E-state index in [4.69, 9.17) is 10.5 Å². The number of pyridine rings is 1. The van der Waals surface area contributed by atoms with Crippen molar-refractivity contribution in [2.24, 2.45) is 5.92 Å². The Hall–Kier alpha value is -1.29. The highest BCUT2D eigenvalue weighted by atomic mass is 16.5. The number of nitrogens with two attached hydrogens (primary N) is 1. The molecule has 0 radical (unpaired) electrons. The Labute approximate surface area is 96.2 Å². The van der Waals surface area contributed by atoms with Gasteiger partial charge in [-0.15, -0.1) is 0 Å². The normalized spacial score (nSPS) is 15.0. The summed E-state index contributed by atoms with van der Waals surface area (Å²) in [5, 5.41) is 3.22. The van der Waals surface area contributed by atoms with E-state index in [1.54, 1.807) is 12.3 Å². The molecule has 0 saturated heterocycles. The molecular formula is C12H19N3O. The van der Waals surface area contributed by atoms with Crippen molar-refractivity contribution in [3.8, 4) is 0 Å². The molecule has 0 aliphatic heterocycles. The number of nitrogens with zero attached hydrogens (tertiary/aromatic N) is 1. The summed E-state index contributed by atoms with van der Waals surface area (Å²) in [6, 6.07) is 3.62. The predicted molar refractivity (Wildman–Crippen MR) is 65.3 cm³/mol. The summed E-state index contributed by atoms with van der Waals surface area (Å²) in [7, 11) is 0. The Bertz CT molecular complexity index is 326. The number of ether oxygens (including phenoxy) is 1. The van der Waals surface area contributed by atoms with Crippen LogP contribution in [-0.4, -0.2) is 24.7 Å². The monoisotopic (exact) mass is 221 g/mol. The molecule has 16 heavy (non-hydrogen) atoms. The molecule has 1 fully saturated rings. The molecule has 0 unspecified atom stereocenters. The standard InChI is InChI=1S/C12H19N3O/c13-11-4-6-15-12(8-11)14-5-1-7-16-9-10-2-3-10/h4,6,8,10H,1-3,5,7,9H2,(H3,13,14,15). The van der Waals surface area contributed by atoms with Crippen molar-refractivity contribution in [1.82, 2.24) is 4.98 Å². The molecule has 1 aliphatic rings. The largest absolute Gasteiger partial charge is 0.399 e. The molecule has 1 aliphatic carbocycles. The first-order chi connectivity index (χ1) is 7.84. The van der Waals surface area contributed by atoms with Gasteiger partial charge in [0.1, 0.15) is 5.82 Å². The van der Waals surface area contributed by atoms with Gasteiger partial charge >= 0.3 is 0 Å². The number of anilines is 2. The average molecular weight is 221 g/mol. The van der Waals surface area contributed by atoms with E-state index in [1.165, 1.54) is 12.8 Å². The van der Waals surface area contributed by atoms with Crippen LogP contribution in [0.3, 0.4) is 0 Å². The van der Waals surface area contributed by atoms with Crippen LogP contribution >= 0.6 is 0 Å². The second-order valence-corrected chi connectivity index (χ2v) is 4.27. The van der Waals surface area contributed by atoms with E-state index in [0.29, 0.717) is 0 Å². The first kappa shape index (κ1) is 11.2. The Morgan fingerprint density at radius 2 is 2.38 bits per heavy atom. The fraction of sp³-hybridized carbons (Fsp3) is 0.583. The van der Waals surface area contributed by atoms with Gasteiger partial charge in [0, 0.05) is 37.7 Å². The lowest BCUT2D eigenvalue weighted by Crippen LogP contribution is -2.08. The van der Waals surface area contributed by atoms with E-state index in [0.717, 1.165) is 43.6 Å². The van der Waals surface area contributed by atoms with Crippen LogP contribution in [0.4, 0.5) is 11.5 Å². The number of nitrogens with one attached hydrogen (secondary N) is 1. The zero-order chi connectivity index (χ0) is 11.2. The average Bonchev–Trinajstić information content (AvgIpc) is 3.07. The van der Waals surface area contributed by atoms with Gasteiger partial charge in [0.25, 0.3) is 0 Å². The van der Waals surface area contributed by atoms with Crippen molar-refractivity contribution in [1.29, 1.82) is 0 Å². The maximum atomic E-state index is 5.65. The van der Waals surface area contributed by atoms with E-state index < -0.39 is 0 Å². The van der Waals surface area contributed by atoms with Crippen LogP contribution in [-0.2, 0) is 4.74 Å². The highest BCUT2D eigenvalue weighted by molar-refractivity contribution is 5.48. The second-order valence-electron chi connectivity index (χ2n) is 4.27. The van der Waals surface area contributed by atoms with Gasteiger partial charge in [0.05, 0.1) is 0 Å². The molecule has 2 rings (SSSR count). The number of rotatable bonds is 7. The van der Waals surface area contributed by atoms with Gasteiger partial charge in [-0.3, -0.25) is 0 Å². The molecule has 1 heterocycles. The molecule has 3 N–H and O–H groups in total.